The number of fused-ring (bicyclic) bond motifs is 1. The number of hydrogen-bond donors (Lipinski definition) is 1. The number of aryl methyl sites for hydroxylation is 1. The maximum Gasteiger partial charge on any atom is 0.243 e. The SMILES string of the molecule is Cc1ccn2nc(NCC(C)N3CCCCC3)nc2c1. The zero-order valence-corrected chi connectivity index (χ0v) is 12.3. The fourth-order valence-corrected chi connectivity index (χ4v) is 2.79. The third kappa shape index (κ3) is 2.93. The lowest BCUT2D eigenvalue weighted by Crippen LogP contribution is -2.41. The number of piperidine rings is 1. The Labute approximate surface area is 120 Å². The summed E-state index contributed by atoms with van der Waals surface area (Å²) in [7, 11) is 0. The largest absolute Gasteiger partial charge is 0.351 e. The van der Waals surface area contributed by atoms with E-state index in [1.54, 1.807) is 0 Å². The molecular formula is C15H23N5. The first-order chi connectivity index (χ1) is 9.72. The van der Waals surface area contributed by atoms with Gasteiger partial charge in [-0.3, -0.25) is 4.90 Å². The van der Waals surface area contributed by atoms with Gasteiger partial charge >= 0.3 is 0 Å². The predicted octanol–water partition coefficient (Wildman–Crippen LogP) is 2.32. The first kappa shape index (κ1) is 13.4. The van der Waals surface area contributed by atoms with Crippen molar-refractivity contribution in [3.05, 3.63) is 23.9 Å². The van der Waals surface area contributed by atoms with Gasteiger partial charge in [0.2, 0.25) is 5.95 Å². The Morgan fingerprint density at radius 1 is 1.30 bits per heavy atom. The summed E-state index contributed by atoms with van der Waals surface area (Å²) in [6.07, 6.45) is 5.99. The van der Waals surface area contributed by atoms with Crippen molar-refractivity contribution in [2.75, 3.05) is 25.0 Å². The van der Waals surface area contributed by atoms with Crippen molar-refractivity contribution in [3.63, 3.8) is 0 Å². The van der Waals surface area contributed by atoms with Gasteiger partial charge in [0.1, 0.15) is 0 Å². The van der Waals surface area contributed by atoms with E-state index in [1.807, 2.05) is 22.8 Å². The topological polar surface area (TPSA) is 45.5 Å². The van der Waals surface area contributed by atoms with E-state index in [2.05, 4.69) is 34.1 Å². The number of hydrogen-bond acceptors (Lipinski definition) is 4. The summed E-state index contributed by atoms with van der Waals surface area (Å²) in [6.45, 7) is 7.69. The lowest BCUT2D eigenvalue weighted by Gasteiger charge is -2.32. The van der Waals surface area contributed by atoms with Crippen LogP contribution in [0.2, 0.25) is 0 Å². The molecule has 20 heavy (non-hydrogen) atoms. The van der Waals surface area contributed by atoms with Crippen LogP contribution in [-0.2, 0) is 0 Å². The van der Waals surface area contributed by atoms with Crippen molar-refractivity contribution in [3.8, 4) is 0 Å². The third-order valence-corrected chi connectivity index (χ3v) is 4.06. The maximum atomic E-state index is 4.51. The summed E-state index contributed by atoms with van der Waals surface area (Å²) in [5, 5.41) is 7.81. The third-order valence-electron chi connectivity index (χ3n) is 4.06. The Kier molecular flexibility index (Phi) is 3.87. The minimum Gasteiger partial charge on any atom is -0.351 e. The highest BCUT2D eigenvalue weighted by Crippen LogP contribution is 2.13. The minimum atomic E-state index is 0.531. The molecule has 0 bridgehead atoms. The molecule has 1 aliphatic rings. The van der Waals surface area contributed by atoms with E-state index in [0.29, 0.717) is 6.04 Å². The monoisotopic (exact) mass is 273 g/mol. The van der Waals surface area contributed by atoms with Crippen molar-refractivity contribution in [1.29, 1.82) is 0 Å². The molecule has 1 atom stereocenters. The Morgan fingerprint density at radius 3 is 2.90 bits per heavy atom. The van der Waals surface area contributed by atoms with Crippen molar-refractivity contribution >= 4 is 11.6 Å². The molecule has 1 N–H and O–H groups in total. The summed E-state index contributed by atoms with van der Waals surface area (Å²) in [5.74, 6) is 0.722. The van der Waals surface area contributed by atoms with Crippen LogP contribution in [-0.4, -0.2) is 45.2 Å². The average Bonchev–Trinajstić information content (AvgIpc) is 2.87. The Balaban J connectivity index is 1.61. The van der Waals surface area contributed by atoms with Gasteiger partial charge in [-0.1, -0.05) is 6.42 Å². The van der Waals surface area contributed by atoms with E-state index in [9.17, 15) is 0 Å². The van der Waals surface area contributed by atoms with Gasteiger partial charge in [0.05, 0.1) is 0 Å². The lowest BCUT2D eigenvalue weighted by molar-refractivity contribution is 0.180. The molecule has 0 spiro atoms. The second-order valence-electron chi connectivity index (χ2n) is 5.77. The van der Waals surface area contributed by atoms with Crippen molar-refractivity contribution < 1.29 is 0 Å². The van der Waals surface area contributed by atoms with Crippen LogP contribution in [0.3, 0.4) is 0 Å². The van der Waals surface area contributed by atoms with E-state index in [-0.39, 0.29) is 0 Å². The zero-order chi connectivity index (χ0) is 13.9. The first-order valence-electron chi connectivity index (χ1n) is 7.53. The lowest BCUT2D eigenvalue weighted by atomic mass is 10.1. The number of nitrogens with one attached hydrogen (secondary N) is 1. The Hall–Kier alpha value is -1.62. The molecule has 5 heteroatoms. The average molecular weight is 273 g/mol. The van der Waals surface area contributed by atoms with Crippen LogP contribution < -0.4 is 5.32 Å². The fourth-order valence-electron chi connectivity index (χ4n) is 2.79. The number of pyridine rings is 1. The van der Waals surface area contributed by atoms with Gasteiger partial charge in [0.15, 0.2) is 5.65 Å². The number of nitrogens with zero attached hydrogens (tertiary/aromatic N) is 4. The number of anilines is 1. The second kappa shape index (κ2) is 5.79. The predicted molar refractivity (Wildman–Crippen MR) is 81.1 cm³/mol. The molecule has 0 radical (unpaired) electrons. The summed E-state index contributed by atoms with van der Waals surface area (Å²) in [6, 6.07) is 4.62. The smallest absolute Gasteiger partial charge is 0.243 e. The highest BCUT2D eigenvalue weighted by Gasteiger charge is 2.16. The van der Waals surface area contributed by atoms with Crippen molar-refractivity contribution in [2.24, 2.45) is 0 Å². The molecule has 0 aliphatic carbocycles. The van der Waals surface area contributed by atoms with Crippen LogP contribution in [0.15, 0.2) is 18.3 Å². The van der Waals surface area contributed by atoms with E-state index < -0.39 is 0 Å². The molecule has 1 unspecified atom stereocenters. The van der Waals surface area contributed by atoms with Crippen molar-refractivity contribution in [1.82, 2.24) is 19.5 Å². The number of likely N-dealkylation sites (tertiary alicyclic amines) is 1. The van der Waals surface area contributed by atoms with E-state index >= 15 is 0 Å². The molecule has 108 valence electrons. The molecule has 0 aromatic carbocycles. The van der Waals surface area contributed by atoms with Gasteiger partial charge in [-0.25, -0.2) is 4.52 Å². The highest BCUT2D eigenvalue weighted by atomic mass is 15.3. The van der Waals surface area contributed by atoms with Gasteiger partial charge in [-0.2, -0.15) is 4.98 Å². The van der Waals surface area contributed by atoms with Crippen LogP contribution in [0.4, 0.5) is 5.95 Å². The van der Waals surface area contributed by atoms with E-state index in [4.69, 9.17) is 0 Å². The summed E-state index contributed by atoms with van der Waals surface area (Å²) < 4.78 is 1.82. The molecule has 3 rings (SSSR count). The van der Waals surface area contributed by atoms with Gasteiger partial charge < -0.3 is 5.32 Å². The van der Waals surface area contributed by atoms with Crippen LogP contribution in [0.25, 0.3) is 5.65 Å². The van der Waals surface area contributed by atoms with Crippen LogP contribution in [0, 0.1) is 6.92 Å². The van der Waals surface area contributed by atoms with Gasteiger partial charge in [0.25, 0.3) is 0 Å². The zero-order valence-electron chi connectivity index (χ0n) is 12.3. The second-order valence-corrected chi connectivity index (χ2v) is 5.77. The number of aromatic nitrogens is 3. The Bertz CT molecular complexity index is 571. The van der Waals surface area contributed by atoms with Gasteiger partial charge in [0, 0.05) is 18.8 Å². The Morgan fingerprint density at radius 2 is 2.10 bits per heavy atom. The summed E-state index contributed by atoms with van der Waals surface area (Å²) >= 11 is 0. The molecule has 3 heterocycles. The molecule has 5 nitrogen and oxygen atoms in total. The van der Waals surface area contributed by atoms with Gasteiger partial charge in [-0.15, -0.1) is 5.10 Å². The molecule has 1 fully saturated rings. The minimum absolute atomic E-state index is 0.531. The molecule has 1 saturated heterocycles. The quantitative estimate of drug-likeness (QED) is 0.928. The summed E-state index contributed by atoms with van der Waals surface area (Å²) in [5.41, 5.74) is 2.11. The number of rotatable bonds is 4. The van der Waals surface area contributed by atoms with Gasteiger partial charge in [-0.05, 0) is 57.5 Å². The molecule has 0 amide bonds. The standard InChI is InChI=1S/C15H23N5/c1-12-6-9-20-14(10-12)17-15(18-20)16-11-13(2)19-7-4-3-5-8-19/h6,9-10,13H,3-5,7-8,11H2,1-2H3,(H,16,18). The highest BCUT2D eigenvalue weighted by molar-refractivity contribution is 5.45. The molecule has 0 saturated carbocycles. The maximum absolute atomic E-state index is 4.51. The van der Waals surface area contributed by atoms with Crippen molar-refractivity contribution in [2.45, 2.75) is 39.2 Å². The van der Waals surface area contributed by atoms with E-state index in [1.165, 1.54) is 37.9 Å². The molecule has 1 aliphatic heterocycles. The van der Waals surface area contributed by atoms with Crippen LogP contribution in [0.5, 0.6) is 0 Å². The van der Waals surface area contributed by atoms with Crippen LogP contribution >= 0.6 is 0 Å². The summed E-state index contributed by atoms with van der Waals surface area (Å²) in [4.78, 5) is 7.06. The van der Waals surface area contributed by atoms with Crippen LogP contribution in [0.1, 0.15) is 31.7 Å². The fraction of sp³-hybridized carbons (Fsp3) is 0.600. The molecule has 2 aromatic heterocycles. The first-order valence-corrected chi connectivity index (χ1v) is 7.53. The molecular weight excluding hydrogens is 250 g/mol. The molecule has 2 aromatic rings. The normalized spacial score (nSPS) is 18.3. The van der Waals surface area contributed by atoms with E-state index in [0.717, 1.165) is 18.1 Å².